The zero-order chi connectivity index (χ0) is 15.8. The van der Waals surface area contributed by atoms with Gasteiger partial charge in [0.15, 0.2) is 0 Å². The van der Waals surface area contributed by atoms with Crippen molar-refractivity contribution in [2.45, 2.75) is 6.54 Å². The SMILES string of the molecule is NC(=O)c1cccc2c1c1ccccc1n2Cc1ccccn1. The third kappa shape index (κ3) is 2.16. The fourth-order valence-electron chi connectivity index (χ4n) is 3.13. The molecule has 0 saturated heterocycles. The maximum absolute atomic E-state index is 11.8. The summed E-state index contributed by atoms with van der Waals surface area (Å²) >= 11 is 0. The van der Waals surface area contributed by atoms with Crippen molar-refractivity contribution in [1.29, 1.82) is 0 Å². The number of hydrogen-bond donors (Lipinski definition) is 1. The minimum atomic E-state index is -0.406. The smallest absolute Gasteiger partial charge is 0.249 e. The molecule has 2 aromatic carbocycles. The maximum Gasteiger partial charge on any atom is 0.249 e. The Kier molecular flexibility index (Phi) is 3.08. The molecule has 23 heavy (non-hydrogen) atoms. The van der Waals surface area contributed by atoms with Crippen molar-refractivity contribution in [2.24, 2.45) is 5.73 Å². The van der Waals surface area contributed by atoms with Gasteiger partial charge in [-0.15, -0.1) is 0 Å². The van der Waals surface area contributed by atoms with Crippen LogP contribution in [-0.4, -0.2) is 15.5 Å². The average molecular weight is 301 g/mol. The van der Waals surface area contributed by atoms with E-state index >= 15 is 0 Å². The van der Waals surface area contributed by atoms with Crippen LogP contribution in [0.2, 0.25) is 0 Å². The normalized spacial score (nSPS) is 11.1. The first-order chi connectivity index (χ1) is 11.3. The summed E-state index contributed by atoms with van der Waals surface area (Å²) in [5.74, 6) is -0.406. The van der Waals surface area contributed by atoms with Crippen LogP contribution in [0.1, 0.15) is 16.1 Å². The molecule has 0 aliphatic heterocycles. The lowest BCUT2D eigenvalue weighted by Crippen LogP contribution is -2.11. The van der Waals surface area contributed by atoms with E-state index in [-0.39, 0.29) is 0 Å². The molecule has 0 unspecified atom stereocenters. The lowest BCUT2D eigenvalue weighted by molar-refractivity contribution is 0.100. The van der Waals surface area contributed by atoms with Crippen molar-refractivity contribution in [1.82, 2.24) is 9.55 Å². The van der Waals surface area contributed by atoms with E-state index in [1.165, 1.54) is 0 Å². The van der Waals surface area contributed by atoms with Gasteiger partial charge in [-0.3, -0.25) is 9.78 Å². The van der Waals surface area contributed by atoms with Gasteiger partial charge < -0.3 is 10.3 Å². The van der Waals surface area contributed by atoms with E-state index in [1.807, 2.05) is 48.5 Å². The van der Waals surface area contributed by atoms with Crippen LogP contribution in [0, 0.1) is 0 Å². The molecular weight excluding hydrogens is 286 g/mol. The number of para-hydroxylation sites is 1. The molecule has 0 spiro atoms. The van der Waals surface area contributed by atoms with Crippen LogP contribution in [0.5, 0.6) is 0 Å². The molecule has 2 aromatic heterocycles. The van der Waals surface area contributed by atoms with Crippen LogP contribution >= 0.6 is 0 Å². The topological polar surface area (TPSA) is 60.9 Å². The Morgan fingerprint density at radius 2 is 1.74 bits per heavy atom. The number of nitrogens with two attached hydrogens (primary N) is 1. The lowest BCUT2D eigenvalue weighted by Gasteiger charge is -2.07. The Morgan fingerprint density at radius 3 is 2.52 bits per heavy atom. The molecule has 4 aromatic rings. The molecule has 2 N–H and O–H groups in total. The molecule has 4 nitrogen and oxygen atoms in total. The molecule has 1 amide bonds. The van der Waals surface area contributed by atoms with Gasteiger partial charge in [0.25, 0.3) is 0 Å². The van der Waals surface area contributed by atoms with E-state index in [1.54, 1.807) is 12.3 Å². The van der Waals surface area contributed by atoms with Gasteiger partial charge in [-0.1, -0.05) is 30.3 Å². The van der Waals surface area contributed by atoms with Gasteiger partial charge in [0.1, 0.15) is 0 Å². The van der Waals surface area contributed by atoms with Crippen molar-refractivity contribution in [3.63, 3.8) is 0 Å². The first kappa shape index (κ1) is 13.5. The number of carbonyl (C=O) groups excluding carboxylic acids is 1. The number of carbonyl (C=O) groups is 1. The molecule has 0 aliphatic rings. The first-order valence-electron chi connectivity index (χ1n) is 7.45. The monoisotopic (exact) mass is 301 g/mol. The Hall–Kier alpha value is -3.14. The highest BCUT2D eigenvalue weighted by molar-refractivity contribution is 6.17. The van der Waals surface area contributed by atoms with Gasteiger partial charge in [-0.25, -0.2) is 0 Å². The third-order valence-electron chi connectivity index (χ3n) is 4.11. The number of pyridine rings is 1. The van der Waals surface area contributed by atoms with Crippen LogP contribution in [0.25, 0.3) is 21.8 Å². The number of fused-ring (bicyclic) bond motifs is 3. The average Bonchev–Trinajstić information content (AvgIpc) is 2.90. The van der Waals surface area contributed by atoms with E-state index < -0.39 is 5.91 Å². The number of benzene rings is 2. The predicted molar refractivity (Wildman–Crippen MR) is 91.3 cm³/mol. The zero-order valence-corrected chi connectivity index (χ0v) is 12.4. The molecule has 4 rings (SSSR count). The van der Waals surface area contributed by atoms with Crippen LogP contribution in [0.15, 0.2) is 66.9 Å². The molecule has 4 heteroatoms. The minimum absolute atomic E-state index is 0.406. The molecule has 0 saturated carbocycles. The van der Waals surface area contributed by atoms with Gasteiger partial charge in [0.2, 0.25) is 5.91 Å². The summed E-state index contributed by atoms with van der Waals surface area (Å²) in [6.07, 6.45) is 1.79. The number of primary amides is 1. The highest BCUT2D eigenvalue weighted by atomic mass is 16.1. The molecule has 0 radical (unpaired) electrons. The van der Waals surface area contributed by atoms with E-state index in [0.717, 1.165) is 27.5 Å². The largest absolute Gasteiger partial charge is 0.366 e. The van der Waals surface area contributed by atoms with Crippen molar-refractivity contribution < 1.29 is 4.79 Å². The lowest BCUT2D eigenvalue weighted by atomic mass is 10.1. The molecule has 2 heterocycles. The van der Waals surface area contributed by atoms with Crippen LogP contribution in [0.3, 0.4) is 0 Å². The van der Waals surface area contributed by atoms with Crippen molar-refractivity contribution >= 4 is 27.7 Å². The fourth-order valence-corrected chi connectivity index (χ4v) is 3.13. The Labute approximate surface area is 133 Å². The van der Waals surface area contributed by atoms with Crippen LogP contribution < -0.4 is 5.73 Å². The summed E-state index contributed by atoms with van der Waals surface area (Å²) in [6.45, 7) is 0.646. The minimum Gasteiger partial charge on any atom is -0.366 e. The van der Waals surface area contributed by atoms with Gasteiger partial charge in [0, 0.05) is 28.0 Å². The van der Waals surface area contributed by atoms with Crippen molar-refractivity contribution in [3.8, 4) is 0 Å². The van der Waals surface area contributed by atoms with Crippen molar-refractivity contribution in [2.75, 3.05) is 0 Å². The second kappa shape index (κ2) is 5.25. The molecule has 0 aliphatic carbocycles. The molecule has 0 fully saturated rings. The van der Waals surface area contributed by atoms with E-state index in [0.29, 0.717) is 12.1 Å². The standard InChI is InChI=1S/C19H15N3O/c20-19(23)15-8-5-10-17-18(15)14-7-1-2-9-16(14)22(17)12-13-6-3-4-11-21-13/h1-11H,12H2,(H2,20,23). The second-order valence-corrected chi connectivity index (χ2v) is 5.49. The summed E-state index contributed by atoms with van der Waals surface area (Å²) < 4.78 is 2.18. The number of rotatable bonds is 3. The highest BCUT2D eigenvalue weighted by Crippen LogP contribution is 2.31. The fraction of sp³-hybridized carbons (Fsp3) is 0.0526. The van der Waals surface area contributed by atoms with Gasteiger partial charge in [-0.2, -0.15) is 0 Å². The zero-order valence-electron chi connectivity index (χ0n) is 12.4. The number of nitrogens with zero attached hydrogens (tertiary/aromatic N) is 2. The van der Waals surface area contributed by atoms with E-state index in [9.17, 15) is 4.79 Å². The van der Waals surface area contributed by atoms with E-state index in [4.69, 9.17) is 5.73 Å². The van der Waals surface area contributed by atoms with Crippen LogP contribution in [-0.2, 0) is 6.54 Å². The summed E-state index contributed by atoms with van der Waals surface area (Å²) in [7, 11) is 0. The Balaban J connectivity index is 2.06. The summed E-state index contributed by atoms with van der Waals surface area (Å²) in [5.41, 5.74) is 9.16. The number of hydrogen-bond acceptors (Lipinski definition) is 2. The quantitative estimate of drug-likeness (QED) is 0.631. The molecular formula is C19H15N3O. The third-order valence-corrected chi connectivity index (χ3v) is 4.11. The van der Waals surface area contributed by atoms with Crippen molar-refractivity contribution in [3.05, 3.63) is 78.1 Å². The predicted octanol–water partition coefficient (Wildman–Crippen LogP) is 3.34. The summed E-state index contributed by atoms with van der Waals surface area (Å²) in [6, 6.07) is 19.6. The Bertz CT molecular complexity index is 1020. The van der Waals surface area contributed by atoms with Gasteiger partial charge in [0.05, 0.1) is 17.8 Å². The maximum atomic E-state index is 11.8. The highest BCUT2D eigenvalue weighted by Gasteiger charge is 2.16. The second-order valence-electron chi connectivity index (χ2n) is 5.49. The Morgan fingerprint density at radius 1 is 0.957 bits per heavy atom. The molecule has 0 atom stereocenters. The number of aromatic nitrogens is 2. The van der Waals surface area contributed by atoms with Gasteiger partial charge >= 0.3 is 0 Å². The van der Waals surface area contributed by atoms with Gasteiger partial charge in [-0.05, 0) is 30.3 Å². The molecule has 112 valence electrons. The van der Waals surface area contributed by atoms with E-state index in [2.05, 4.69) is 15.6 Å². The summed E-state index contributed by atoms with van der Waals surface area (Å²) in [4.78, 5) is 16.2. The number of amides is 1. The molecule has 0 bridgehead atoms. The summed E-state index contributed by atoms with van der Waals surface area (Å²) in [5, 5.41) is 1.94. The van der Waals surface area contributed by atoms with Crippen LogP contribution in [0.4, 0.5) is 0 Å². The first-order valence-corrected chi connectivity index (χ1v) is 7.45.